The molecule has 0 bridgehead atoms. The van der Waals surface area contributed by atoms with E-state index in [4.69, 9.17) is 0 Å². The third-order valence-corrected chi connectivity index (χ3v) is 9.96. The van der Waals surface area contributed by atoms with Gasteiger partial charge in [0.05, 0.1) is 0 Å². The quantitative estimate of drug-likeness (QED) is 0.240. The average molecular weight is 890 g/mol. The minimum Gasteiger partial charge on any atom is -0.298 e. The standard InChI is InChI=1S/2C10H21N.2C9H19N.4C3H8.4C2H6/c2*1-9-6-5-7-11(8-9)10(2,3)4;2*1-8-5-6-10(7-8)9(2,3)4;4*1-3-2;4*1-2/h2*9H,5-8H2,1-4H3;2*8H,5-7H2,1-4H3;4*3H2,1-2H3;4*1-2H3/t2*9-;2*8-;;;;;;;;/m1010......../s1. The Bertz CT molecular complexity index is 711. The predicted molar refractivity (Wildman–Crippen MR) is 299 cm³/mol. The molecular formula is C58H136N4. The maximum atomic E-state index is 2.60. The van der Waals surface area contributed by atoms with Crippen LogP contribution in [0.15, 0.2) is 0 Å². The normalized spacial score (nSPS) is 21.3. The number of piperidine rings is 2. The average Bonchev–Trinajstić information content (AvgIpc) is 3.85. The number of likely N-dealkylation sites (tertiary alicyclic amines) is 4. The predicted octanol–water partition coefficient (Wildman–Crippen LogP) is 19.1. The zero-order chi connectivity index (χ0) is 51.3. The lowest BCUT2D eigenvalue weighted by Crippen LogP contribution is -2.46. The number of nitrogens with zero attached hydrogens (tertiary/aromatic N) is 4. The molecule has 0 aliphatic carbocycles. The van der Waals surface area contributed by atoms with Crippen molar-refractivity contribution in [2.75, 3.05) is 52.4 Å². The lowest BCUT2D eigenvalue weighted by molar-refractivity contribution is 0.0843. The van der Waals surface area contributed by atoms with E-state index in [0.29, 0.717) is 22.2 Å². The number of hydrogen-bond donors (Lipinski definition) is 0. The molecule has 4 fully saturated rings. The Hall–Kier alpha value is -0.160. The highest BCUT2D eigenvalue weighted by Crippen LogP contribution is 2.26. The molecular weight excluding hydrogens is 753 g/mol. The van der Waals surface area contributed by atoms with E-state index < -0.39 is 0 Å². The van der Waals surface area contributed by atoms with Crippen molar-refractivity contribution in [3.8, 4) is 0 Å². The van der Waals surface area contributed by atoms with Crippen molar-refractivity contribution < 1.29 is 0 Å². The van der Waals surface area contributed by atoms with E-state index in [-0.39, 0.29) is 0 Å². The minimum atomic E-state index is 0.384. The second-order valence-corrected chi connectivity index (χ2v) is 21.6. The summed E-state index contributed by atoms with van der Waals surface area (Å²) in [7, 11) is 0. The van der Waals surface area contributed by atoms with Gasteiger partial charge in [-0.2, -0.15) is 0 Å². The molecule has 0 spiro atoms. The van der Waals surface area contributed by atoms with E-state index in [1.807, 2.05) is 55.4 Å². The van der Waals surface area contributed by atoms with Crippen LogP contribution in [-0.2, 0) is 0 Å². The first kappa shape index (κ1) is 79.0. The Morgan fingerprint density at radius 2 is 0.435 bits per heavy atom. The third-order valence-electron chi connectivity index (χ3n) is 9.96. The summed E-state index contributed by atoms with van der Waals surface area (Å²) >= 11 is 0. The SMILES string of the molecule is CC.CC.CC.CC.CCC.CCC.CCC.CCC.C[C@@H]1CCCN(C(C)(C)C)C1.C[C@@H]1CCN(C(C)(C)C)C1.C[C@H]1CCCN(C(C)(C)C)C1.C[C@H]1CCN(C(C)(C)C)C1. The van der Waals surface area contributed by atoms with E-state index >= 15 is 0 Å². The fourth-order valence-electron chi connectivity index (χ4n) is 6.69. The Labute approximate surface area is 402 Å². The summed E-state index contributed by atoms with van der Waals surface area (Å²) in [5.41, 5.74) is 1.55. The summed E-state index contributed by atoms with van der Waals surface area (Å²) in [4.78, 5) is 10.3. The molecule has 388 valence electrons. The van der Waals surface area contributed by atoms with E-state index in [1.165, 1.54) is 117 Å². The van der Waals surface area contributed by atoms with Crippen molar-refractivity contribution in [3.05, 3.63) is 0 Å². The van der Waals surface area contributed by atoms with Crippen LogP contribution in [0.4, 0.5) is 0 Å². The Morgan fingerprint density at radius 3 is 0.532 bits per heavy atom. The fraction of sp³-hybridized carbons (Fsp3) is 1.00. The summed E-state index contributed by atoms with van der Waals surface area (Å²) in [6.45, 7) is 80.4. The first-order valence-electron chi connectivity index (χ1n) is 27.7. The van der Waals surface area contributed by atoms with Crippen molar-refractivity contribution in [3.63, 3.8) is 0 Å². The maximum Gasteiger partial charge on any atom is 0.0125 e. The van der Waals surface area contributed by atoms with Gasteiger partial charge in [0.1, 0.15) is 0 Å². The molecule has 4 atom stereocenters. The van der Waals surface area contributed by atoms with Crippen LogP contribution in [0, 0.1) is 23.7 Å². The van der Waals surface area contributed by atoms with Gasteiger partial charge in [0, 0.05) is 48.3 Å². The maximum absolute atomic E-state index is 2.60. The van der Waals surface area contributed by atoms with E-state index in [0.717, 1.165) is 23.7 Å². The monoisotopic (exact) mass is 889 g/mol. The molecule has 4 rings (SSSR count). The molecule has 0 aromatic rings. The first-order chi connectivity index (χ1) is 28.7. The molecule has 4 saturated heterocycles. The van der Waals surface area contributed by atoms with Gasteiger partial charge < -0.3 is 0 Å². The lowest BCUT2D eigenvalue weighted by Gasteiger charge is -2.40. The van der Waals surface area contributed by atoms with Gasteiger partial charge in [-0.05, 0) is 171 Å². The Morgan fingerprint density at radius 1 is 0.290 bits per heavy atom. The number of rotatable bonds is 0. The Balaban J connectivity index is -0.0000000916. The highest BCUT2D eigenvalue weighted by Gasteiger charge is 2.29. The van der Waals surface area contributed by atoms with Crippen LogP contribution in [0.5, 0.6) is 0 Å². The second kappa shape index (κ2) is 50.3. The highest BCUT2D eigenvalue weighted by atomic mass is 15.2. The molecule has 62 heavy (non-hydrogen) atoms. The molecule has 4 heteroatoms. The van der Waals surface area contributed by atoms with Crippen molar-refractivity contribution in [2.45, 2.75) is 308 Å². The van der Waals surface area contributed by atoms with Gasteiger partial charge in [0.25, 0.3) is 0 Å². The van der Waals surface area contributed by atoms with Crippen LogP contribution in [-0.4, -0.2) is 94.1 Å². The summed E-state index contributed by atoms with van der Waals surface area (Å²) in [6.07, 6.45) is 13.4. The molecule has 4 heterocycles. The van der Waals surface area contributed by atoms with Gasteiger partial charge >= 0.3 is 0 Å². The van der Waals surface area contributed by atoms with Crippen LogP contribution in [0.2, 0.25) is 0 Å². The van der Waals surface area contributed by atoms with E-state index in [1.54, 1.807) is 0 Å². The van der Waals surface area contributed by atoms with Gasteiger partial charge in [-0.1, -0.05) is 164 Å². The van der Waals surface area contributed by atoms with Gasteiger partial charge in [-0.15, -0.1) is 0 Å². The molecule has 0 amide bonds. The summed E-state index contributed by atoms with van der Waals surface area (Å²) in [5.74, 6) is 3.64. The van der Waals surface area contributed by atoms with Gasteiger partial charge in [-0.3, -0.25) is 19.6 Å². The molecule has 4 aliphatic rings. The minimum absolute atomic E-state index is 0.384. The summed E-state index contributed by atoms with van der Waals surface area (Å²) in [5, 5.41) is 0. The van der Waals surface area contributed by atoms with Crippen LogP contribution in [0.25, 0.3) is 0 Å². The topological polar surface area (TPSA) is 13.0 Å². The fourth-order valence-corrected chi connectivity index (χ4v) is 6.69. The smallest absolute Gasteiger partial charge is 0.0125 e. The van der Waals surface area contributed by atoms with Crippen LogP contribution in [0.3, 0.4) is 0 Å². The van der Waals surface area contributed by atoms with Crippen LogP contribution >= 0.6 is 0 Å². The third kappa shape index (κ3) is 54.2. The largest absolute Gasteiger partial charge is 0.298 e. The molecule has 4 nitrogen and oxygen atoms in total. The highest BCUT2D eigenvalue weighted by molar-refractivity contribution is 4.84. The van der Waals surface area contributed by atoms with Gasteiger partial charge in [0.15, 0.2) is 0 Å². The van der Waals surface area contributed by atoms with Crippen LogP contribution < -0.4 is 0 Å². The molecule has 0 N–H and O–H groups in total. The van der Waals surface area contributed by atoms with Crippen molar-refractivity contribution in [1.29, 1.82) is 0 Å². The summed E-state index contributed by atoms with van der Waals surface area (Å²) in [6, 6.07) is 0. The molecule has 0 aromatic carbocycles. The Kier molecular flexibility index (Phi) is 64.0. The van der Waals surface area contributed by atoms with E-state index in [2.05, 4.69) is 186 Å². The van der Waals surface area contributed by atoms with Crippen molar-refractivity contribution >= 4 is 0 Å². The lowest BCUT2D eigenvalue weighted by atomic mass is 9.95. The molecule has 0 unspecified atom stereocenters. The van der Waals surface area contributed by atoms with Gasteiger partial charge in [0.2, 0.25) is 0 Å². The summed E-state index contributed by atoms with van der Waals surface area (Å²) < 4.78 is 0. The molecule has 0 saturated carbocycles. The zero-order valence-corrected chi connectivity index (χ0v) is 50.8. The second-order valence-electron chi connectivity index (χ2n) is 21.6. The van der Waals surface area contributed by atoms with Crippen molar-refractivity contribution in [2.24, 2.45) is 23.7 Å². The number of hydrogen-bond acceptors (Lipinski definition) is 4. The van der Waals surface area contributed by atoms with Crippen LogP contribution in [0.1, 0.15) is 286 Å². The molecule has 0 radical (unpaired) electrons. The molecule has 0 aromatic heterocycles. The zero-order valence-electron chi connectivity index (χ0n) is 50.8. The van der Waals surface area contributed by atoms with E-state index in [9.17, 15) is 0 Å². The molecule has 4 aliphatic heterocycles. The first-order valence-corrected chi connectivity index (χ1v) is 27.7. The van der Waals surface area contributed by atoms with Crippen molar-refractivity contribution in [1.82, 2.24) is 19.6 Å². The van der Waals surface area contributed by atoms with Gasteiger partial charge in [-0.25, -0.2) is 0 Å².